The molecule has 0 bridgehead atoms. The molecule has 2 aromatic rings. The summed E-state index contributed by atoms with van der Waals surface area (Å²) in [6.07, 6.45) is 0.825. The molecule has 1 saturated heterocycles. The van der Waals surface area contributed by atoms with Crippen molar-refractivity contribution in [2.75, 3.05) is 37.7 Å². The highest BCUT2D eigenvalue weighted by molar-refractivity contribution is 5.78. The van der Waals surface area contributed by atoms with Gasteiger partial charge in [-0.25, -0.2) is 4.39 Å². The average molecular weight is 384 g/mol. The third-order valence-electron chi connectivity index (χ3n) is 5.23. The lowest BCUT2D eigenvalue weighted by Crippen LogP contribution is -2.50. The van der Waals surface area contributed by atoms with Crippen molar-refractivity contribution in [3.8, 4) is 11.5 Å². The number of piperazine rings is 1. The van der Waals surface area contributed by atoms with Gasteiger partial charge in [0.2, 0.25) is 0 Å². The molecule has 0 N–H and O–H groups in total. The quantitative estimate of drug-likeness (QED) is 0.812. The first-order valence-corrected chi connectivity index (χ1v) is 9.64. The first kappa shape index (κ1) is 18.6. The van der Waals surface area contributed by atoms with Crippen molar-refractivity contribution in [1.29, 1.82) is 0 Å². The van der Waals surface area contributed by atoms with Gasteiger partial charge in [0.1, 0.15) is 11.4 Å². The molecule has 5 nitrogen and oxygen atoms in total. The number of amides is 1. The van der Waals surface area contributed by atoms with Crippen LogP contribution < -0.4 is 14.4 Å². The number of carbonyl (C=O) groups excluding carboxylic acids is 1. The largest absolute Gasteiger partial charge is 0.483 e. The second kappa shape index (κ2) is 7.34. The SMILES string of the molecule is CC1(C)Cc2cccc(OCC(=O)N3CCN(c4ccccc4F)CC3)c2O1. The Kier molecular flexibility index (Phi) is 4.87. The van der Waals surface area contributed by atoms with Crippen LogP contribution in [0.25, 0.3) is 0 Å². The molecule has 1 fully saturated rings. The van der Waals surface area contributed by atoms with Crippen molar-refractivity contribution in [3.05, 3.63) is 53.8 Å². The molecule has 0 saturated carbocycles. The fraction of sp³-hybridized carbons (Fsp3) is 0.409. The van der Waals surface area contributed by atoms with E-state index >= 15 is 0 Å². The minimum atomic E-state index is -0.255. The Morgan fingerprint density at radius 1 is 1.11 bits per heavy atom. The topological polar surface area (TPSA) is 42.0 Å². The fourth-order valence-corrected chi connectivity index (χ4v) is 3.84. The molecule has 0 atom stereocenters. The van der Waals surface area contributed by atoms with Crippen molar-refractivity contribution in [2.24, 2.45) is 0 Å². The lowest BCUT2D eigenvalue weighted by molar-refractivity contribution is -0.133. The van der Waals surface area contributed by atoms with Gasteiger partial charge in [-0.1, -0.05) is 24.3 Å². The van der Waals surface area contributed by atoms with E-state index in [0.29, 0.717) is 37.6 Å². The molecular weight excluding hydrogens is 359 g/mol. The maximum absolute atomic E-state index is 13.9. The number of hydrogen-bond acceptors (Lipinski definition) is 4. The number of anilines is 1. The van der Waals surface area contributed by atoms with Crippen LogP contribution in [0.15, 0.2) is 42.5 Å². The smallest absolute Gasteiger partial charge is 0.260 e. The molecular formula is C22H25FN2O3. The summed E-state index contributed by atoms with van der Waals surface area (Å²) in [6, 6.07) is 12.5. The first-order valence-electron chi connectivity index (χ1n) is 9.64. The number of ether oxygens (including phenoxy) is 2. The molecule has 2 aliphatic heterocycles. The Balaban J connectivity index is 1.33. The number of carbonyl (C=O) groups is 1. The minimum Gasteiger partial charge on any atom is -0.483 e. The number of fused-ring (bicyclic) bond motifs is 1. The molecule has 0 unspecified atom stereocenters. The molecule has 0 aromatic heterocycles. The predicted octanol–water partition coefficient (Wildman–Crippen LogP) is 3.27. The van der Waals surface area contributed by atoms with Crippen LogP contribution in [0, 0.1) is 5.82 Å². The molecule has 2 aromatic carbocycles. The summed E-state index contributed by atoms with van der Waals surface area (Å²) < 4.78 is 25.7. The highest BCUT2D eigenvalue weighted by atomic mass is 19.1. The van der Waals surface area contributed by atoms with Crippen LogP contribution >= 0.6 is 0 Å². The second-order valence-electron chi connectivity index (χ2n) is 7.89. The van der Waals surface area contributed by atoms with Crippen LogP contribution in [0.3, 0.4) is 0 Å². The van der Waals surface area contributed by atoms with Crippen molar-refractivity contribution in [2.45, 2.75) is 25.9 Å². The Hall–Kier alpha value is -2.76. The zero-order chi connectivity index (χ0) is 19.7. The zero-order valence-electron chi connectivity index (χ0n) is 16.3. The maximum atomic E-state index is 13.9. The Labute approximate surface area is 164 Å². The lowest BCUT2D eigenvalue weighted by Gasteiger charge is -2.36. The van der Waals surface area contributed by atoms with Crippen molar-refractivity contribution in [3.63, 3.8) is 0 Å². The number of benzene rings is 2. The van der Waals surface area contributed by atoms with Crippen molar-refractivity contribution < 1.29 is 18.7 Å². The van der Waals surface area contributed by atoms with Gasteiger partial charge in [0.05, 0.1) is 5.69 Å². The van der Waals surface area contributed by atoms with E-state index in [9.17, 15) is 9.18 Å². The van der Waals surface area contributed by atoms with Crippen LogP contribution in [0.1, 0.15) is 19.4 Å². The van der Waals surface area contributed by atoms with E-state index < -0.39 is 0 Å². The summed E-state index contributed by atoms with van der Waals surface area (Å²) >= 11 is 0. The van der Waals surface area contributed by atoms with Crippen LogP contribution in [-0.4, -0.2) is 49.2 Å². The Morgan fingerprint density at radius 3 is 2.61 bits per heavy atom. The summed E-state index contributed by atoms with van der Waals surface area (Å²) in [5.74, 6) is 1.06. The molecule has 1 amide bonds. The number of para-hydroxylation sites is 2. The highest BCUT2D eigenvalue weighted by Crippen LogP contribution is 2.41. The van der Waals surface area contributed by atoms with E-state index in [1.807, 2.05) is 43.0 Å². The van der Waals surface area contributed by atoms with Gasteiger partial charge >= 0.3 is 0 Å². The summed E-state index contributed by atoms with van der Waals surface area (Å²) in [7, 11) is 0. The van der Waals surface area contributed by atoms with E-state index in [1.54, 1.807) is 17.0 Å². The maximum Gasteiger partial charge on any atom is 0.260 e. The van der Waals surface area contributed by atoms with E-state index in [0.717, 1.165) is 17.7 Å². The van der Waals surface area contributed by atoms with Gasteiger partial charge in [-0.15, -0.1) is 0 Å². The molecule has 2 heterocycles. The van der Waals surface area contributed by atoms with Gasteiger partial charge in [-0.3, -0.25) is 4.79 Å². The molecule has 0 spiro atoms. The number of hydrogen-bond donors (Lipinski definition) is 0. The van der Waals surface area contributed by atoms with E-state index in [4.69, 9.17) is 9.47 Å². The van der Waals surface area contributed by atoms with Gasteiger partial charge in [0, 0.05) is 38.2 Å². The average Bonchev–Trinajstić information content (AvgIpc) is 3.01. The van der Waals surface area contributed by atoms with E-state index in [1.165, 1.54) is 6.07 Å². The predicted molar refractivity (Wildman–Crippen MR) is 106 cm³/mol. The Morgan fingerprint density at radius 2 is 1.86 bits per heavy atom. The molecule has 6 heteroatoms. The molecule has 148 valence electrons. The second-order valence-corrected chi connectivity index (χ2v) is 7.89. The van der Waals surface area contributed by atoms with E-state index in [-0.39, 0.29) is 23.9 Å². The summed E-state index contributed by atoms with van der Waals surface area (Å²) in [4.78, 5) is 16.3. The number of rotatable bonds is 4. The van der Waals surface area contributed by atoms with E-state index in [2.05, 4.69) is 0 Å². The van der Waals surface area contributed by atoms with Gasteiger partial charge in [-0.2, -0.15) is 0 Å². The summed E-state index contributed by atoms with van der Waals surface area (Å²) in [6.45, 7) is 6.35. The molecule has 4 rings (SSSR count). The van der Waals surface area contributed by atoms with Gasteiger partial charge in [0.25, 0.3) is 5.91 Å². The first-order chi connectivity index (χ1) is 13.4. The zero-order valence-corrected chi connectivity index (χ0v) is 16.3. The van der Waals surface area contributed by atoms with Gasteiger partial charge in [0.15, 0.2) is 18.1 Å². The highest BCUT2D eigenvalue weighted by Gasteiger charge is 2.32. The van der Waals surface area contributed by atoms with Crippen LogP contribution in [-0.2, 0) is 11.2 Å². The third kappa shape index (κ3) is 3.77. The summed E-state index contributed by atoms with van der Waals surface area (Å²) in [5.41, 5.74) is 1.44. The van der Waals surface area contributed by atoms with Crippen LogP contribution in [0.5, 0.6) is 11.5 Å². The van der Waals surface area contributed by atoms with Gasteiger partial charge in [-0.05, 0) is 32.0 Å². The number of halogens is 1. The normalized spacial score (nSPS) is 17.8. The number of nitrogens with zero attached hydrogens (tertiary/aromatic N) is 2. The molecule has 28 heavy (non-hydrogen) atoms. The van der Waals surface area contributed by atoms with Gasteiger partial charge < -0.3 is 19.3 Å². The van der Waals surface area contributed by atoms with Crippen LogP contribution in [0.2, 0.25) is 0 Å². The minimum absolute atomic E-state index is 0.0278. The van der Waals surface area contributed by atoms with Crippen molar-refractivity contribution in [1.82, 2.24) is 4.90 Å². The molecule has 2 aliphatic rings. The van der Waals surface area contributed by atoms with Crippen molar-refractivity contribution >= 4 is 11.6 Å². The Bertz CT molecular complexity index is 876. The molecule has 0 aliphatic carbocycles. The monoisotopic (exact) mass is 384 g/mol. The summed E-state index contributed by atoms with van der Waals surface area (Å²) in [5, 5.41) is 0. The van der Waals surface area contributed by atoms with Crippen LogP contribution in [0.4, 0.5) is 10.1 Å². The fourth-order valence-electron chi connectivity index (χ4n) is 3.84. The standard InChI is InChI=1S/C22H25FN2O3/c1-22(2)14-16-6-5-9-19(21(16)28-22)27-15-20(26)25-12-10-24(11-13-25)18-8-4-3-7-17(18)23/h3-9H,10-15H2,1-2H3. The lowest BCUT2D eigenvalue weighted by atomic mass is 10.0. The third-order valence-corrected chi connectivity index (χ3v) is 5.23. The molecule has 0 radical (unpaired) electrons.